The predicted molar refractivity (Wildman–Crippen MR) is 115 cm³/mol. The Hall–Kier alpha value is -2.26. The van der Waals surface area contributed by atoms with Gasteiger partial charge in [0.1, 0.15) is 4.88 Å². The van der Waals surface area contributed by atoms with Gasteiger partial charge < -0.3 is 10.6 Å². The zero-order valence-electron chi connectivity index (χ0n) is 17.4. The van der Waals surface area contributed by atoms with E-state index in [1.54, 1.807) is 11.7 Å². The molecule has 3 heterocycles. The Labute approximate surface area is 181 Å². The van der Waals surface area contributed by atoms with Gasteiger partial charge in [-0.25, -0.2) is 0 Å². The standard InChI is InChI=1S/C21H30N6O2S/c1-15-6-8-26(25-15)9-7-23-20(28)10-17-4-5-18(27(17)13-16-2-3-16)11-24-21(29)19-12-22-14-30-19/h6,8,12,14,16-18H,2-5,7,9-11,13H2,1H3,(H,23,28)(H,24,29)/t17-,18+/m1/s1. The zero-order chi connectivity index (χ0) is 20.9. The second kappa shape index (κ2) is 9.70. The second-order valence-electron chi connectivity index (χ2n) is 8.38. The van der Waals surface area contributed by atoms with Crippen LogP contribution in [0.5, 0.6) is 0 Å². The van der Waals surface area contributed by atoms with Crippen LogP contribution in [-0.4, -0.2) is 63.2 Å². The largest absolute Gasteiger partial charge is 0.354 e. The van der Waals surface area contributed by atoms with Gasteiger partial charge in [-0.3, -0.25) is 24.2 Å². The number of nitrogens with one attached hydrogen (secondary N) is 2. The molecule has 1 aliphatic heterocycles. The highest BCUT2D eigenvalue weighted by Crippen LogP contribution is 2.35. The van der Waals surface area contributed by atoms with E-state index < -0.39 is 0 Å². The first-order chi connectivity index (χ1) is 14.6. The molecule has 2 amide bonds. The van der Waals surface area contributed by atoms with Gasteiger partial charge >= 0.3 is 0 Å². The maximum Gasteiger partial charge on any atom is 0.263 e. The van der Waals surface area contributed by atoms with Gasteiger partial charge in [-0.15, -0.1) is 11.3 Å². The molecule has 162 valence electrons. The van der Waals surface area contributed by atoms with Gasteiger partial charge in [0.2, 0.25) is 5.91 Å². The van der Waals surface area contributed by atoms with Gasteiger partial charge in [0.15, 0.2) is 0 Å². The maximum absolute atomic E-state index is 12.5. The Morgan fingerprint density at radius 1 is 1.20 bits per heavy atom. The first-order valence-electron chi connectivity index (χ1n) is 10.8. The number of hydrogen-bond donors (Lipinski definition) is 2. The topological polar surface area (TPSA) is 92.2 Å². The van der Waals surface area contributed by atoms with Gasteiger partial charge in [0.05, 0.1) is 23.9 Å². The highest BCUT2D eigenvalue weighted by molar-refractivity contribution is 7.11. The summed E-state index contributed by atoms with van der Waals surface area (Å²) in [5.74, 6) is 0.786. The fourth-order valence-electron chi connectivity index (χ4n) is 4.16. The van der Waals surface area contributed by atoms with Crippen molar-refractivity contribution in [2.24, 2.45) is 5.92 Å². The van der Waals surface area contributed by atoms with Gasteiger partial charge in [0.25, 0.3) is 5.91 Å². The molecule has 2 atom stereocenters. The van der Waals surface area contributed by atoms with E-state index in [1.165, 1.54) is 24.2 Å². The Balaban J connectivity index is 1.25. The van der Waals surface area contributed by atoms with Crippen LogP contribution in [0.2, 0.25) is 0 Å². The van der Waals surface area contributed by atoms with Gasteiger partial charge in [-0.05, 0) is 44.6 Å². The quantitative estimate of drug-likeness (QED) is 0.600. The summed E-state index contributed by atoms with van der Waals surface area (Å²) in [6.07, 6.45) is 8.62. The van der Waals surface area contributed by atoms with Gasteiger partial charge in [-0.1, -0.05) is 0 Å². The van der Waals surface area contributed by atoms with Crippen molar-refractivity contribution in [2.75, 3.05) is 19.6 Å². The molecule has 1 saturated carbocycles. The minimum Gasteiger partial charge on any atom is -0.354 e. The number of carbonyl (C=O) groups is 2. The van der Waals surface area contributed by atoms with E-state index in [1.807, 2.05) is 23.9 Å². The summed E-state index contributed by atoms with van der Waals surface area (Å²) in [7, 11) is 0. The average molecular weight is 431 g/mol. The molecule has 2 fully saturated rings. The van der Waals surface area contributed by atoms with Gasteiger partial charge in [0, 0.05) is 44.3 Å². The Kier molecular flexibility index (Phi) is 6.79. The molecule has 2 aliphatic rings. The number of carbonyl (C=O) groups excluding carboxylic acids is 2. The van der Waals surface area contributed by atoms with Crippen molar-refractivity contribution in [2.45, 2.75) is 57.7 Å². The van der Waals surface area contributed by atoms with Crippen molar-refractivity contribution in [1.29, 1.82) is 0 Å². The number of aromatic nitrogens is 3. The van der Waals surface area contributed by atoms with Crippen LogP contribution in [0.1, 0.15) is 47.5 Å². The normalized spacial score (nSPS) is 21.6. The van der Waals surface area contributed by atoms with E-state index in [2.05, 4.69) is 25.6 Å². The first-order valence-corrected chi connectivity index (χ1v) is 11.7. The molecule has 8 nitrogen and oxygen atoms in total. The van der Waals surface area contributed by atoms with E-state index in [4.69, 9.17) is 0 Å². The van der Waals surface area contributed by atoms with Gasteiger partial charge in [-0.2, -0.15) is 5.10 Å². The van der Waals surface area contributed by atoms with Crippen molar-refractivity contribution >= 4 is 23.2 Å². The first kappa shape index (κ1) is 21.0. The number of hydrogen-bond acceptors (Lipinski definition) is 6. The van der Waals surface area contributed by atoms with Crippen LogP contribution in [0.4, 0.5) is 0 Å². The lowest BCUT2D eigenvalue weighted by atomic mass is 10.1. The summed E-state index contributed by atoms with van der Waals surface area (Å²) in [5.41, 5.74) is 2.66. The van der Waals surface area contributed by atoms with Crippen LogP contribution in [0.3, 0.4) is 0 Å². The summed E-state index contributed by atoms with van der Waals surface area (Å²) >= 11 is 1.36. The molecule has 0 spiro atoms. The molecule has 9 heteroatoms. The highest BCUT2D eigenvalue weighted by Gasteiger charge is 2.38. The Morgan fingerprint density at radius 2 is 2.03 bits per heavy atom. The van der Waals surface area contributed by atoms with Crippen LogP contribution >= 0.6 is 11.3 Å². The number of rotatable bonds is 10. The molecule has 2 aromatic heterocycles. The number of thiazole rings is 1. The summed E-state index contributed by atoms with van der Waals surface area (Å²) in [6.45, 7) is 4.89. The molecule has 1 saturated heterocycles. The van der Waals surface area contributed by atoms with Crippen molar-refractivity contribution < 1.29 is 9.59 Å². The Morgan fingerprint density at radius 3 is 2.73 bits per heavy atom. The Bertz CT molecular complexity index is 848. The summed E-state index contributed by atoms with van der Waals surface area (Å²) in [6, 6.07) is 2.51. The fraction of sp³-hybridized carbons (Fsp3) is 0.619. The third-order valence-corrected chi connectivity index (χ3v) is 6.72. The van der Waals surface area contributed by atoms with E-state index in [0.717, 1.165) is 31.0 Å². The zero-order valence-corrected chi connectivity index (χ0v) is 18.2. The van der Waals surface area contributed by atoms with E-state index in [0.29, 0.717) is 37.0 Å². The number of amides is 2. The molecular formula is C21H30N6O2S. The smallest absolute Gasteiger partial charge is 0.263 e. The molecule has 4 rings (SSSR count). The molecular weight excluding hydrogens is 400 g/mol. The van der Waals surface area contributed by atoms with Crippen LogP contribution in [-0.2, 0) is 11.3 Å². The van der Waals surface area contributed by atoms with E-state index >= 15 is 0 Å². The lowest BCUT2D eigenvalue weighted by Gasteiger charge is -2.30. The maximum atomic E-state index is 12.5. The monoisotopic (exact) mass is 430 g/mol. The highest BCUT2D eigenvalue weighted by atomic mass is 32.1. The van der Waals surface area contributed by atoms with Crippen molar-refractivity contribution in [3.05, 3.63) is 34.5 Å². The summed E-state index contributed by atoms with van der Waals surface area (Å²) < 4.78 is 1.85. The minimum atomic E-state index is -0.0566. The van der Waals surface area contributed by atoms with Crippen LogP contribution in [0.25, 0.3) is 0 Å². The lowest BCUT2D eigenvalue weighted by molar-refractivity contribution is -0.122. The SMILES string of the molecule is Cc1ccn(CCNC(=O)C[C@H]2CC[C@@H](CNC(=O)c3cncs3)N2CC2CC2)n1. The number of aryl methyl sites for hydroxylation is 1. The molecule has 0 bridgehead atoms. The number of likely N-dealkylation sites (tertiary alicyclic amines) is 1. The fourth-order valence-corrected chi connectivity index (χ4v) is 4.70. The van der Waals surface area contributed by atoms with Crippen molar-refractivity contribution in [3.8, 4) is 0 Å². The average Bonchev–Trinajstić information content (AvgIpc) is 3.09. The number of nitrogens with zero attached hydrogens (tertiary/aromatic N) is 4. The molecule has 30 heavy (non-hydrogen) atoms. The summed E-state index contributed by atoms with van der Waals surface area (Å²) in [5, 5.41) is 10.4. The summed E-state index contributed by atoms with van der Waals surface area (Å²) in [4.78, 5) is 31.9. The predicted octanol–water partition coefficient (Wildman–Crippen LogP) is 1.83. The van der Waals surface area contributed by atoms with E-state index in [-0.39, 0.29) is 17.9 Å². The molecule has 1 aliphatic carbocycles. The van der Waals surface area contributed by atoms with E-state index in [9.17, 15) is 9.59 Å². The van der Waals surface area contributed by atoms with Crippen LogP contribution in [0.15, 0.2) is 24.0 Å². The molecule has 2 N–H and O–H groups in total. The lowest BCUT2D eigenvalue weighted by Crippen LogP contribution is -2.45. The third-order valence-electron chi connectivity index (χ3n) is 5.95. The van der Waals surface area contributed by atoms with Crippen LogP contribution < -0.4 is 10.6 Å². The second-order valence-corrected chi connectivity index (χ2v) is 9.26. The third kappa shape index (κ3) is 5.66. The van der Waals surface area contributed by atoms with Crippen molar-refractivity contribution in [1.82, 2.24) is 30.3 Å². The van der Waals surface area contributed by atoms with Crippen LogP contribution in [0, 0.1) is 12.8 Å². The molecule has 0 aromatic carbocycles. The van der Waals surface area contributed by atoms with Crippen molar-refractivity contribution in [3.63, 3.8) is 0 Å². The molecule has 0 unspecified atom stereocenters. The minimum absolute atomic E-state index is 0.0566. The molecule has 2 aromatic rings. The molecule has 0 radical (unpaired) electrons.